The lowest BCUT2D eigenvalue weighted by Gasteiger charge is -2.18. The topological polar surface area (TPSA) is 3.24 Å². The third-order valence-electron chi connectivity index (χ3n) is 2.36. The first-order valence-electron chi connectivity index (χ1n) is 5.25. The van der Waals surface area contributed by atoms with Gasteiger partial charge in [-0.05, 0) is 44.6 Å². The minimum Gasteiger partial charge on any atom is -0.302 e. The zero-order valence-electron chi connectivity index (χ0n) is 9.51. The molecule has 1 atom stereocenters. The predicted molar refractivity (Wildman–Crippen MR) is 70.4 cm³/mol. The fourth-order valence-electron chi connectivity index (χ4n) is 1.42. The lowest BCUT2D eigenvalue weighted by Crippen LogP contribution is -2.21. The van der Waals surface area contributed by atoms with Gasteiger partial charge in [-0.3, -0.25) is 0 Å². The van der Waals surface area contributed by atoms with Gasteiger partial charge in [0, 0.05) is 16.4 Å². The molecule has 0 aliphatic rings. The first kappa shape index (κ1) is 13.9. The third-order valence-corrected chi connectivity index (χ3v) is 3.32. The van der Waals surface area contributed by atoms with E-state index < -0.39 is 0 Å². The van der Waals surface area contributed by atoms with Gasteiger partial charge in [-0.1, -0.05) is 22.0 Å². The Kier molecular flexibility index (Phi) is 5.73. The summed E-state index contributed by atoms with van der Waals surface area (Å²) in [5.41, 5.74) is 1.09. The molecule has 0 aliphatic heterocycles. The van der Waals surface area contributed by atoms with Crippen molar-refractivity contribution in [3.05, 3.63) is 34.1 Å². The molecule has 0 radical (unpaired) electrons. The summed E-state index contributed by atoms with van der Waals surface area (Å²) >= 11 is 9.25. The molecule has 1 aromatic rings. The van der Waals surface area contributed by atoms with Crippen LogP contribution in [0.4, 0.5) is 4.39 Å². The molecule has 0 saturated heterocycles. The van der Waals surface area contributed by atoms with E-state index in [1.807, 2.05) is 14.0 Å². The first-order valence-corrected chi connectivity index (χ1v) is 6.48. The molecule has 0 fully saturated rings. The molecule has 0 spiro atoms. The summed E-state index contributed by atoms with van der Waals surface area (Å²) in [5.74, 6) is -0.215. The van der Waals surface area contributed by atoms with Gasteiger partial charge in [0.25, 0.3) is 0 Å². The molecule has 16 heavy (non-hydrogen) atoms. The van der Waals surface area contributed by atoms with Gasteiger partial charge in [-0.25, -0.2) is 4.39 Å². The van der Waals surface area contributed by atoms with E-state index in [0.717, 1.165) is 29.5 Å². The second-order valence-corrected chi connectivity index (χ2v) is 5.64. The number of hydrogen-bond acceptors (Lipinski definition) is 1. The maximum Gasteiger partial charge on any atom is 0.124 e. The summed E-state index contributed by atoms with van der Waals surface area (Å²) in [6.45, 7) is 3.72. The van der Waals surface area contributed by atoms with Gasteiger partial charge in [-0.2, -0.15) is 0 Å². The number of alkyl halides is 1. The van der Waals surface area contributed by atoms with Crippen LogP contribution in [0, 0.1) is 5.82 Å². The standard InChI is InChI=1S/C12H16BrClFN/c1-9(14)5-6-16(2)8-10-3-4-11(15)7-12(10)13/h3-4,7,9H,5-6,8H2,1-2H3. The Bertz CT molecular complexity index is 344. The van der Waals surface area contributed by atoms with Crippen LogP contribution in [0.1, 0.15) is 18.9 Å². The minimum atomic E-state index is -0.215. The van der Waals surface area contributed by atoms with Gasteiger partial charge in [-0.15, -0.1) is 11.6 Å². The van der Waals surface area contributed by atoms with E-state index in [4.69, 9.17) is 11.6 Å². The van der Waals surface area contributed by atoms with E-state index in [1.165, 1.54) is 12.1 Å². The maximum atomic E-state index is 12.9. The van der Waals surface area contributed by atoms with Crippen LogP contribution in [-0.4, -0.2) is 23.9 Å². The highest BCUT2D eigenvalue weighted by Gasteiger charge is 2.06. The van der Waals surface area contributed by atoms with E-state index in [9.17, 15) is 4.39 Å². The Morgan fingerprint density at radius 2 is 2.19 bits per heavy atom. The van der Waals surface area contributed by atoms with Crippen LogP contribution in [-0.2, 0) is 6.54 Å². The van der Waals surface area contributed by atoms with Crippen molar-refractivity contribution < 1.29 is 4.39 Å². The Hall–Kier alpha value is -0.120. The van der Waals surface area contributed by atoms with Crippen LogP contribution >= 0.6 is 27.5 Å². The molecular weight excluding hydrogens is 292 g/mol. The van der Waals surface area contributed by atoms with Crippen molar-refractivity contribution in [2.24, 2.45) is 0 Å². The highest BCUT2D eigenvalue weighted by Crippen LogP contribution is 2.19. The van der Waals surface area contributed by atoms with E-state index in [1.54, 1.807) is 6.07 Å². The summed E-state index contributed by atoms with van der Waals surface area (Å²) in [6.07, 6.45) is 0.955. The van der Waals surface area contributed by atoms with Crippen molar-refractivity contribution in [2.45, 2.75) is 25.3 Å². The number of benzene rings is 1. The molecule has 90 valence electrons. The Labute approximate surface area is 110 Å². The van der Waals surface area contributed by atoms with E-state index in [0.29, 0.717) is 0 Å². The van der Waals surface area contributed by atoms with Crippen LogP contribution in [0.5, 0.6) is 0 Å². The van der Waals surface area contributed by atoms with Crippen molar-refractivity contribution in [3.63, 3.8) is 0 Å². The lowest BCUT2D eigenvalue weighted by molar-refractivity contribution is 0.321. The van der Waals surface area contributed by atoms with Crippen molar-refractivity contribution >= 4 is 27.5 Å². The molecule has 0 heterocycles. The molecule has 0 aromatic heterocycles. The third kappa shape index (κ3) is 4.81. The van der Waals surface area contributed by atoms with Crippen molar-refractivity contribution in [1.82, 2.24) is 4.90 Å². The number of hydrogen-bond donors (Lipinski definition) is 0. The second kappa shape index (κ2) is 6.58. The molecule has 1 rings (SSSR count). The molecule has 0 bridgehead atoms. The van der Waals surface area contributed by atoms with Gasteiger partial charge in [0.1, 0.15) is 5.82 Å². The summed E-state index contributed by atoms with van der Waals surface area (Å²) in [7, 11) is 2.04. The van der Waals surface area contributed by atoms with Crippen molar-refractivity contribution in [3.8, 4) is 0 Å². The minimum absolute atomic E-state index is 0.194. The van der Waals surface area contributed by atoms with Gasteiger partial charge in [0.2, 0.25) is 0 Å². The van der Waals surface area contributed by atoms with Crippen LogP contribution in [0.3, 0.4) is 0 Å². The quantitative estimate of drug-likeness (QED) is 0.742. The molecular formula is C12H16BrClFN. The highest BCUT2D eigenvalue weighted by molar-refractivity contribution is 9.10. The summed E-state index contributed by atoms with van der Waals surface area (Å²) in [6, 6.07) is 4.78. The Balaban J connectivity index is 2.52. The van der Waals surface area contributed by atoms with Gasteiger partial charge >= 0.3 is 0 Å². The molecule has 0 saturated carbocycles. The fraction of sp³-hybridized carbons (Fsp3) is 0.500. The van der Waals surface area contributed by atoms with Crippen LogP contribution in [0.25, 0.3) is 0 Å². The number of halogens is 3. The Morgan fingerprint density at radius 3 is 2.75 bits per heavy atom. The van der Waals surface area contributed by atoms with Gasteiger partial charge in [0.15, 0.2) is 0 Å². The largest absolute Gasteiger partial charge is 0.302 e. The number of rotatable bonds is 5. The first-order chi connectivity index (χ1) is 7.49. The molecule has 4 heteroatoms. The predicted octanol–water partition coefficient (Wildman–Crippen LogP) is 4.04. The smallest absolute Gasteiger partial charge is 0.124 e. The van der Waals surface area contributed by atoms with E-state index in [-0.39, 0.29) is 11.2 Å². The summed E-state index contributed by atoms with van der Waals surface area (Å²) in [4.78, 5) is 2.18. The normalized spacial score (nSPS) is 13.1. The number of nitrogens with zero attached hydrogens (tertiary/aromatic N) is 1. The molecule has 1 nitrogen and oxygen atoms in total. The van der Waals surface area contributed by atoms with Crippen molar-refractivity contribution in [2.75, 3.05) is 13.6 Å². The zero-order chi connectivity index (χ0) is 12.1. The fourth-order valence-corrected chi connectivity index (χ4v) is 1.99. The van der Waals surface area contributed by atoms with E-state index >= 15 is 0 Å². The molecule has 1 aromatic carbocycles. The monoisotopic (exact) mass is 307 g/mol. The maximum absolute atomic E-state index is 12.9. The highest BCUT2D eigenvalue weighted by atomic mass is 79.9. The molecule has 1 unspecified atom stereocenters. The van der Waals surface area contributed by atoms with Crippen molar-refractivity contribution in [1.29, 1.82) is 0 Å². The SMILES string of the molecule is CC(Cl)CCN(C)Cc1ccc(F)cc1Br. The van der Waals surface area contributed by atoms with Crippen LogP contribution in [0.2, 0.25) is 0 Å². The molecule has 0 N–H and O–H groups in total. The zero-order valence-corrected chi connectivity index (χ0v) is 11.9. The van der Waals surface area contributed by atoms with Crippen LogP contribution in [0.15, 0.2) is 22.7 Å². The lowest BCUT2D eigenvalue weighted by atomic mass is 10.2. The van der Waals surface area contributed by atoms with E-state index in [2.05, 4.69) is 20.8 Å². The average Bonchev–Trinajstić information content (AvgIpc) is 2.19. The second-order valence-electron chi connectivity index (χ2n) is 4.04. The van der Waals surface area contributed by atoms with Gasteiger partial charge in [0.05, 0.1) is 0 Å². The summed E-state index contributed by atoms with van der Waals surface area (Å²) < 4.78 is 13.7. The summed E-state index contributed by atoms with van der Waals surface area (Å²) in [5, 5.41) is 0.194. The van der Waals surface area contributed by atoms with Gasteiger partial charge < -0.3 is 4.90 Å². The molecule has 0 amide bonds. The Morgan fingerprint density at radius 1 is 1.50 bits per heavy atom. The molecule has 0 aliphatic carbocycles. The van der Waals surface area contributed by atoms with Crippen LogP contribution < -0.4 is 0 Å². The average molecular weight is 309 g/mol.